The Morgan fingerprint density at radius 3 is 2.68 bits per heavy atom. The fourth-order valence-electron chi connectivity index (χ4n) is 4.50. The highest BCUT2D eigenvalue weighted by Crippen LogP contribution is 2.37. The molecule has 6 nitrogen and oxygen atoms in total. The van der Waals surface area contributed by atoms with Gasteiger partial charge in [-0.1, -0.05) is 0 Å². The van der Waals surface area contributed by atoms with Gasteiger partial charge < -0.3 is 4.42 Å². The number of aromatic nitrogens is 2. The van der Waals surface area contributed by atoms with Crippen LogP contribution in [0.15, 0.2) is 22.9 Å². The van der Waals surface area contributed by atoms with Gasteiger partial charge in [-0.05, 0) is 69.1 Å². The molecular weight excluding hydrogens is 354 g/mol. The number of aryl methyl sites for hydroxylation is 3. The van der Waals surface area contributed by atoms with Crippen molar-refractivity contribution in [2.24, 2.45) is 11.8 Å². The number of amides is 1. The van der Waals surface area contributed by atoms with Gasteiger partial charge in [0.05, 0.1) is 6.61 Å². The zero-order valence-corrected chi connectivity index (χ0v) is 17.0. The average molecular weight is 383 g/mol. The first kappa shape index (κ1) is 19.1. The molecule has 4 rings (SSSR count). The standard InChI is InChI=1S/C22H29N3O3/c1-14-12-23-15(2)10-19(14)11-17-4-6-18(7-5-17)22(26)25-21(8-9-28-25)20-13-27-16(3)24-20/h10,12-13,17-18,21H,4-9,11H2,1-3H3/t17?,18?,21-/m0/s1. The lowest BCUT2D eigenvalue weighted by Crippen LogP contribution is -2.37. The van der Waals surface area contributed by atoms with Crippen LogP contribution in [0.3, 0.4) is 0 Å². The molecule has 6 heteroatoms. The lowest BCUT2D eigenvalue weighted by molar-refractivity contribution is -0.183. The second-order valence-electron chi connectivity index (χ2n) is 8.27. The summed E-state index contributed by atoms with van der Waals surface area (Å²) in [4.78, 5) is 27.5. The molecule has 1 aliphatic heterocycles. The first-order chi connectivity index (χ1) is 13.5. The molecule has 0 spiro atoms. The topological polar surface area (TPSA) is 68.5 Å². The third kappa shape index (κ3) is 3.97. The summed E-state index contributed by atoms with van der Waals surface area (Å²) >= 11 is 0. The monoisotopic (exact) mass is 383 g/mol. The molecule has 1 saturated heterocycles. The minimum absolute atomic E-state index is 0.0464. The summed E-state index contributed by atoms with van der Waals surface area (Å²) in [6.45, 7) is 6.55. The van der Waals surface area contributed by atoms with Crippen LogP contribution in [0.25, 0.3) is 0 Å². The van der Waals surface area contributed by atoms with Crippen LogP contribution >= 0.6 is 0 Å². The second kappa shape index (κ2) is 8.03. The lowest BCUT2D eigenvalue weighted by atomic mass is 9.78. The number of carbonyl (C=O) groups is 1. The summed E-state index contributed by atoms with van der Waals surface area (Å²) in [6.07, 6.45) is 9.48. The molecule has 0 bridgehead atoms. The van der Waals surface area contributed by atoms with Crippen LogP contribution in [0.1, 0.15) is 66.6 Å². The van der Waals surface area contributed by atoms with Gasteiger partial charge in [-0.25, -0.2) is 10.0 Å². The predicted octanol–water partition coefficient (Wildman–Crippen LogP) is 4.25. The van der Waals surface area contributed by atoms with E-state index in [4.69, 9.17) is 9.25 Å². The van der Waals surface area contributed by atoms with Gasteiger partial charge in [0.2, 0.25) is 5.91 Å². The Hall–Kier alpha value is -2.21. The Labute approximate surface area is 166 Å². The zero-order chi connectivity index (χ0) is 19.7. The molecule has 2 aliphatic rings. The van der Waals surface area contributed by atoms with Crippen LogP contribution in [-0.2, 0) is 16.1 Å². The molecule has 0 unspecified atom stereocenters. The first-order valence-electron chi connectivity index (χ1n) is 10.3. The number of hydroxylamine groups is 2. The summed E-state index contributed by atoms with van der Waals surface area (Å²) < 4.78 is 5.33. The summed E-state index contributed by atoms with van der Waals surface area (Å²) in [6, 6.07) is 2.08. The fraction of sp³-hybridized carbons (Fsp3) is 0.591. The quantitative estimate of drug-likeness (QED) is 0.789. The molecular formula is C22H29N3O3. The van der Waals surface area contributed by atoms with Gasteiger partial charge in [0.25, 0.3) is 0 Å². The van der Waals surface area contributed by atoms with E-state index in [2.05, 4.69) is 23.0 Å². The molecule has 2 aromatic rings. The largest absolute Gasteiger partial charge is 0.449 e. The molecule has 2 fully saturated rings. The molecule has 1 amide bonds. The van der Waals surface area contributed by atoms with Crippen molar-refractivity contribution >= 4 is 5.91 Å². The average Bonchev–Trinajstić information content (AvgIpc) is 3.33. The van der Waals surface area contributed by atoms with Crippen molar-refractivity contribution in [1.29, 1.82) is 0 Å². The summed E-state index contributed by atoms with van der Waals surface area (Å²) in [5.74, 6) is 1.41. The maximum atomic E-state index is 13.1. The molecule has 28 heavy (non-hydrogen) atoms. The van der Waals surface area contributed by atoms with Gasteiger partial charge in [-0.3, -0.25) is 14.6 Å². The Morgan fingerprint density at radius 2 is 1.96 bits per heavy atom. The summed E-state index contributed by atoms with van der Waals surface area (Å²) in [5, 5.41) is 1.57. The number of hydrogen-bond acceptors (Lipinski definition) is 5. The third-order valence-electron chi connectivity index (χ3n) is 6.16. The van der Waals surface area contributed by atoms with E-state index in [0.717, 1.165) is 49.9 Å². The molecule has 1 aliphatic carbocycles. The van der Waals surface area contributed by atoms with Crippen molar-refractivity contribution < 1.29 is 14.0 Å². The normalized spacial score (nSPS) is 25.2. The minimum Gasteiger partial charge on any atom is -0.449 e. The van der Waals surface area contributed by atoms with Gasteiger partial charge in [-0.15, -0.1) is 0 Å². The zero-order valence-electron chi connectivity index (χ0n) is 17.0. The van der Waals surface area contributed by atoms with Gasteiger partial charge >= 0.3 is 0 Å². The van der Waals surface area contributed by atoms with E-state index in [1.165, 1.54) is 11.1 Å². The number of pyridine rings is 1. The van der Waals surface area contributed by atoms with Crippen LogP contribution in [-0.4, -0.2) is 27.5 Å². The van der Waals surface area contributed by atoms with Crippen LogP contribution < -0.4 is 0 Å². The Kier molecular flexibility index (Phi) is 5.49. The molecule has 150 valence electrons. The van der Waals surface area contributed by atoms with Crippen molar-refractivity contribution in [3.8, 4) is 0 Å². The van der Waals surface area contributed by atoms with Gasteiger partial charge in [0, 0.05) is 31.2 Å². The molecule has 1 saturated carbocycles. The maximum absolute atomic E-state index is 13.1. The Bertz CT molecular complexity index is 839. The van der Waals surface area contributed by atoms with Crippen molar-refractivity contribution in [3.63, 3.8) is 0 Å². The Balaban J connectivity index is 1.35. The van der Waals surface area contributed by atoms with Crippen LogP contribution in [0.2, 0.25) is 0 Å². The third-order valence-corrected chi connectivity index (χ3v) is 6.16. The molecule has 2 aromatic heterocycles. The van der Waals surface area contributed by atoms with Crippen LogP contribution in [0, 0.1) is 32.6 Å². The van der Waals surface area contributed by atoms with Gasteiger partial charge in [0.15, 0.2) is 5.89 Å². The molecule has 1 atom stereocenters. The molecule has 3 heterocycles. The molecule has 0 N–H and O–H groups in total. The van der Waals surface area contributed by atoms with E-state index in [1.807, 2.05) is 20.0 Å². The molecule has 0 radical (unpaired) electrons. The Morgan fingerprint density at radius 1 is 1.18 bits per heavy atom. The van der Waals surface area contributed by atoms with Crippen molar-refractivity contribution in [2.45, 2.75) is 65.3 Å². The van der Waals surface area contributed by atoms with Crippen molar-refractivity contribution in [2.75, 3.05) is 6.61 Å². The number of oxazole rings is 1. The fourth-order valence-corrected chi connectivity index (χ4v) is 4.50. The maximum Gasteiger partial charge on any atom is 0.249 e. The highest BCUT2D eigenvalue weighted by Gasteiger charge is 2.38. The highest BCUT2D eigenvalue weighted by atomic mass is 16.7. The van der Waals surface area contributed by atoms with Gasteiger partial charge in [0.1, 0.15) is 18.0 Å². The molecule has 0 aromatic carbocycles. The van der Waals surface area contributed by atoms with E-state index in [0.29, 0.717) is 18.4 Å². The predicted molar refractivity (Wildman–Crippen MR) is 104 cm³/mol. The highest BCUT2D eigenvalue weighted by molar-refractivity contribution is 5.78. The van der Waals surface area contributed by atoms with E-state index in [-0.39, 0.29) is 17.9 Å². The van der Waals surface area contributed by atoms with E-state index >= 15 is 0 Å². The van der Waals surface area contributed by atoms with Gasteiger partial charge in [-0.2, -0.15) is 0 Å². The van der Waals surface area contributed by atoms with Crippen LogP contribution in [0.4, 0.5) is 0 Å². The second-order valence-corrected chi connectivity index (χ2v) is 8.27. The number of carbonyl (C=O) groups excluding carboxylic acids is 1. The van der Waals surface area contributed by atoms with Crippen molar-refractivity contribution in [3.05, 3.63) is 46.9 Å². The number of rotatable bonds is 4. The van der Waals surface area contributed by atoms with E-state index in [1.54, 1.807) is 11.3 Å². The van der Waals surface area contributed by atoms with E-state index < -0.39 is 0 Å². The summed E-state index contributed by atoms with van der Waals surface area (Å²) in [5.41, 5.74) is 4.52. The van der Waals surface area contributed by atoms with Crippen LogP contribution in [0.5, 0.6) is 0 Å². The number of hydrogen-bond donors (Lipinski definition) is 0. The first-order valence-corrected chi connectivity index (χ1v) is 10.3. The minimum atomic E-state index is -0.120. The SMILES string of the molecule is Cc1cc(CC2CCC(C(=O)N3OCC[C@H]3c3coc(C)n3)CC2)c(C)cn1. The smallest absolute Gasteiger partial charge is 0.249 e. The summed E-state index contributed by atoms with van der Waals surface area (Å²) in [7, 11) is 0. The van der Waals surface area contributed by atoms with Crippen molar-refractivity contribution in [1.82, 2.24) is 15.0 Å². The number of nitrogens with zero attached hydrogens (tertiary/aromatic N) is 3. The lowest BCUT2D eigenvalue weighted by Gasteiger charge is -2.31. The van der Waals surface area contributed by atoms with E-state index in [9.17, 15) is 4.79 Å².